The number of aromatic amines is 1. The first-order valence-corrected chi connectivity index (χ1v) is 9.20. The van der Waals surface area contributed by atoms with Crippen LogP contribution in [0.4, 0.5) is 0 Å². The van der Waals surface area contributed by atoms with Crippen molar-refractivity contribution in [2.24, 2.45) is 5.10 Å². The highest BCUT2D eigenvalue weighted by atomic mass is 32.1. The van der Waals surface area contributed by atoms with Gasteiger partial charge in [-0.05, 0) is 55.0 Å². The van der Waals surface area contributed by atoms with E-state index in [-0.39, 0.29) is 12.5 Å². The highest BCUT2D eigenvalue weighted by molar-refractivity contribution is 7.71. The second kappa shape index (κ2) is 9.16. The van der Waals surface area contributed by atoms with Gasteiger partial charge in [0.15, 0.2) is 17.3 Å². The fourth-order valence-corrected chi connectivity index (χ4v) is 2.78. The van der Waals surface area contributed by atoms with Gasteiger partial charge in [0.05, 0.1) is 27.0 Å². The molecule has 0 saturated heterocycles. The van der Waals surface area contributed by atoms with E-state index in [1.165, 1.54) is 4.68 Å². The van der Waals surface area contributed by atoms with Gasteiger partial charge in [-0.15, -0.1) is 0 Å². The van der Waals surface area contributed by atoms with Crippen LogP contribution in [0, 0.1) is 11.7 Å². The Balaban J connectivity index is 1.74. The van der Waals surface area contributed by atoms with Gasteiger partial charge in [0.25, 0.3) is 5.91 Å². The number of rotatable bonds is 7. The molecule has 0 atom stereocenters. The molecule has 0 aliphatic carbocycles. The predicted octanol–water partition coefficient (Wildman–Crippen LogP) is 3.08. The molecule has 0 saturated carbocycles. The number of methoxy groups -OCH3 is 2. The van der Waals surface area contributed by atoms with Crippen molar-refractivity contribution in [3.8, 4) is 11.5 Å². The predicted molar refractivity (Wildman–Crippen MR) is 112 cm³/mol. The lowest BCUT2D eigenvalue weighted by atomic mass is 10.1. The molecule has 3 rings (SSSR count). The second-order valence-corrected chi connectivity index (χ2v) is 6.55. The Hall–Kier alpha value is -3.46. The Bertz CT molecular complexity index is 1090. The molecule has 150 valence electrons. The van der Waals surface area contributed by atoms with Crippen LogP contribution in [0.5, 0.6) is 11.5 Å². The Labute approximate surface area is 173 Å². The Morgan fingerprint density at radius 2 is 1.93 bits per heavy atom. The Kier molecular flexibility index (Phi) is 6.40. The van der Waals surface area contributed by atoms with Crippen molar-refractivity contribution in [3.63, 3.8) is 0 Å². The lowest BCUT2D eigenvalue weighted by Gasteiger charge is -2.07. The fraction of sp³-hybridized carbons (Fsp3) is 0.200. The maximum atomic E-state index is 12.3. The van der Waals surface area contributed by atoms with E-state index >= 15 is 0 Å². The monoisotopic (exact) mass is 411 g/mol. The van der Waals surface area contributed by atoms with E-state index in [4.69, 9.17) is 21.7 Å². The Morgan fingerprint density at radius 1 is 1.21 bits per heavy atom. The molecule has 2 aromatic carbocycles. The van der Waals surface area contributed by atoms with E-state index < -0.39 is 0 Å². The summed E-state index contributed by atoms with van der Waals surface area (Å²) < 4.78 is 12.3. The molecule has 3 aromatic rings. The summed E-state index contributed by atoms with van der Waals surface area (Å²) in [4.78, 5) is 12.3. The third-order valence-electron chi connectivity index (χ3n) is 4.17. The average Bonchev–Trinajstić information content (AvgIpc) is 3.10. The number of amides is 1. The van der Waals surface area contributed by atoms with Crippen LogP contribution in [0.15, 0.2) is 47.6 Å². The lowest BCUT2D eigenvalue weighted by Crippen LogP contribution is -2.24. The molecular weight excluding hydrogens is 390 g/mol. The zero-order valence-corrected chi connectivity index (χ0v) is 17.1. The van der Waals surface area contributed by atoms with Crippen LogP contribution in [0.1, 0.15) is 27.3 Å². The molecule has 0 aliphatic heterocycles. The van der Waals surface area contributed by atoms with E-state index in [0.29, 0.717) is 27.7 Å². The van der Waals surface area contributed by atoms with Crippen LogP contribution in [-0.4, -0.2) is 41.2 Å². The van der Waals surface area contributed by atoms with Gasteiger partial charge in [0, 0.05) is 5.56 Å². The summed E-state index contributed by atoms with van der Waals surface area (Å²) >= 11 is 5.24. The molecule has 9 heteroatoms. The van der Waals surface area contributed by atoms with E-state index in [9.17, 15) is 4.79 Å². The van der Waals surface area contributed by atoms with Crippen LogP contribution in [0.3, 0.4) is 0 Å². The number of hydrogen-bond donors (Lipinski definition) is 2. The van der Waals surface area contributed by atoms with Gasteiger partial charge in [0.2, 0.25) is 4.77 Å². The van der Waals surface area contributed by atoms with E-state index in [1.54, 1.807) is 44.7 Å². The van der Waals surface area contributed by atoms with Crippen molar-refractivity contribution >= 4 is 24.3 Å². The average molecular weight is 411 g/mol. The van der Waals surface area contributed by atoms with Gasteiger partial charge < -0.3 is 14.8 Å². The molecule has 0 aliphatic rings. The highest BCUT2D eigenvalue weighted by Gasteiger charge is 2.10. The maximum Gasteiger partial charge on any atom is 0.251 e. The van der Waals surface area contributed by atoms with E-state index in [0.717, 1.165) is 11.1 Å². The molecule has 8 nitrogen and oxygen atoms in total. The quantitative estimate of drug-likeness (QED) is 0.460. The van der Waals surface area contributed by atoms with Gasteiger partial charge in [-0.3, -0.25) is 9.89 Å². The summed E-state index contributed by atoms with van der Waals surface area (Å²) in [5, 5.41) is 14.0. The number of ether oxygens (including phenoxy) is 2. The molecule has 1 aromatic heterocycles. The number of carbonyl (C=O) groups excluding carboxylic acids is 1. The largest absolute Gasteiger partial charge is 0.493 e. The van der Waals surface area contributed by atoms with Crippen molar-refractivity contribution in [2.75, 3.05) is 14.2 Å². The first kappa shape index (κ1) is 20.3. The van der Waals surface area contributed by atoms with E-state index in [2.05, 4.69) is 20.6 Å². The minimum absolute atomic E-state index is 0.170. The molecule has 0 radical (unpaired) electrons. The van der Waals surface area contributed by atoms with Crippen molar-refractivity contribution in [1.29, 1.82) is 0 Å². The fourth-order valence-electron chi connectivity index (χ4n) is 2.58. The van der Waals surface area contributed by atoms with E-state index in [1.807, 2.05) is 25.1 Å². The zero-order chi connectivity index (χ0) is 20.8. The molecule has 29 heavy (non-hydrogen) atoms. The number of aromatic nitrogens is 3. The molecule has 1 heterocycles. The van der Waals surface area contributed by atoms with Crippen molar-refractivity contribution in [1.82, 2.24) is 20.2 Å². The molecular formula is C20H21N5O3S. The number of nitrogens with zero attached hydrogens (tertiary/aromatic N) is 3. The van der Waals surface area contributed by atoms with Gasteiger partial charge >= 0.3 is 0 Å². The summed E-state index contributed by atoms with van der Waals surface area (Å²) in [6.45, 7) is 2.14. The van der Waals surface area contributed by atoms with Crippen molar-refractivity contribution < 1.29 is 14.3 Å². The third-order valence-corrected chi connectivity index (χ3v) is 4.43. The lowest BCUT2D eigenvalue weighted by molar-refractivity contribution is 0.0949. The minimum Gasteiger partial charge on any atom is -0.493 e. The number of aryl methyl sites for hydroxylation is 1. The first-order valence-electron chi connectivity index (χ1n) is 8.79. The highest BCUT2D eigenvalue weighted by Crippen LogP contribution is 2.26. The molecule has 0 unspecified atom stereocenters. The Morgan fingerprint density at radius 3 is 2.62 bits per heavy atom. The van der Waals surface area contributed by atoms with Crippen LogP contribution >= 0.6 is 12.2 Å². The number of benzene rings is 2. The molecule has 0 fully saturated rings. The third kappa shape index (κ3) is 4.88. The van der Waals surface area contributed by atoms with Crippen LogP contribution in [0.25, 0.3) is 0 Å². The number of carbonyl (C=O) groups is 1. The zero-order valence-electron chi connectivity index (χ0n) is 16.3. The normalized spacial score (nSPS) is 10.9. The molecule has 0 spiro atoms. The summed E-state index contributed by atoms with van der Waals surface area (Å²) in [7, 11) is 3.15. The standard InChI is InChI=1S/C20H21N5O3S/c1-13-4-7-15(8-5-13)19(26)21-12-18-23-24-20(29)25(18)22-11-14-6-9-16(27-2)17(10-14)28-3/h4-11H,12H2,1-3H3,(H,21,26)(H,24,29)/b22-11+. The molecule has 2 N–H and O–H groups in total. The number of H-pyrrole nitrogens is 1. The topological polar surface area (TPSA) is 93.5 Å². The van der Waals surface area contributed by atoms with Crippen molar-refractivity contribution in [2.45, 2.75) is 13.5 Å². The molecule has 0 bridgehead atoms. The summed E-state index contributed by atoms with van der Waals surface area (Å²) in [6.07, 6.45) is 1.62. The first-order chi connectivity index (χ1) is 14.0. The second-order valence-electron chi connectivity index (χ2n) is 6.16. The SMILES string of the molecule is COc1ccc(/C=N/n2c(CNC(=O)c3ccc(C)cc3)n[nH]c2=S)cc1OC. The maximum absolute atomic E-state index is 12.3. The van der Waals surface area contributed by atoms with Gasteiger partial charge in [0.1, 0.15) is 0 Å². The minimum atomic E-state index is -0.200. The summed E-state index contributed by atoms with van der Waals surface area (Å²) in [5.74, 6) is 1.50. The number of hydrogen-bond acceptors (Lipinski definition) is 6. The number of nitrogens with one attached hydrogen (secondary N) is 2. The summed E-state index contributed by atoms with van der Waals surface area (Å²) in [5.41, 5.74) is 2.46. The summed E-state index contributed by atoms with van der Waals surface area (Å²) in [6, 6.07) is 12.8. The van der Waals surface area contributed by atoms with Gasteiger partial charge in [-0.1, -0.05) is 17.7 Å². The van der Waals surface area contributed by atoms with Crippen LogP contribution in [0.2, 0.25) is 0 Å². The van der Waals surface area contributed by atoms with Crippen molar-refractivity contribution in [3.05, 3.63) is 69.8 Å². The van der Waals surface area contributed by atoms with Gasteiger partial charge in [-0.2, -0.15) is 14.9 Å². The molecule has 1 amide bonds. The van der Waals surface area contributed by atoms with Gasteiger partial charge in [-0.25, -0.2) is 0 Å². The van der Waals surface area contributed by atoms with Crippen LogP contribution in [-0.2, 0) is 6.54 Å². The smallest absolute Gasteiger partial charge is 0.251 e. The van der Waals surface area contributed by atoms with Crippen LogP contribution < -0.4 is 14.8 Å².